The van der Waals surface area contributed by atoms with Gasteiger partial charge in [0, 0.05) is 41.2 Å². The van der Waals surface area contributed by atoms with E-state index >= 15 is 0 Å². The van der Waals surface area contributed by atoms with E-state index in [0.29, 0.717) is 5.39 Å². The molecule has 0 aliphatic carbocycles. The van der Waals surface area contributed by atoms with Crippen LogP contribution in [0.25, 0.3) is 10.8 Å². The number of nitrogens with one attached hydrogen (secondary N) is 1. The number of benzene rings is 2. The average Bonchev–Trinajstić information content (AvgIpc) is 2.66. The Morgan fingerprint density at radius 2 is 1.39 bits per heavy atom. The van der Waals surface area contributed by atoms with Crippen LogP contribution < -0.4 is 10.2 Å². The normalized spacial score (nSPS) is 11.2. The molecule has 0 unspecified atom stereocenters. The fourth-order valence-corrected chi connectivity index (χ4v) is 4.08. The van der Waals surface area contributed by atoms with E-state index in [1.807, 2.05) is 37.2 Å². The Balaban J connectivity index is 0.000000311. The van der Waals surface area contributed by atoms with Crippen molar-refractivity contribution in [2.45, 2.75) is 57.3 Å². The molecule has 0 aromatic heterocycles. The Hall–Kier alpha value is -1.30. The lowest BCUT2D eigenvalue weighted by Gasteiger charge is -2.16. The predicted molar refractivity (Wildman–Crippen MR) is 123 cm³/mol. The van der Waals surface area contributed by atoms with E-state index in [-0.39, 0.29) is 4.90 Å². The van der Waals surface area contributed by atoms with Gasteiger partial charge in [0.05, 0.1) is 4.90 Å². The van der Waals surface area contributed by atoms with Crippen LogP contribution in [0.15, 0.2) is 41.3 Å². The van der Waals surface area contributed by atoms with Gasteiger partial charge in [-0.1, -0.05) is 63.8 Å². The summed E-state index contributed by atoms with van der Waals surface area (Å²) in [5.74, 6) is 0. The number of anilines is 1. The Labute approximate surface area is 175 Å². The molecular weight excluding hydrogens is 392 g/mol. The second kappa shape index (κ2) is 13.0. The van der Waals surface area contributed by atoms with E-state index in [1.165, 1.54) is 57.7 Å². The molecule has 0 heterocycles. The number of halogens is 1. The molecule has 158 valence electrons. The zero-order valence-corrected chi connectivity index (χ0v) is 19.2. The summed E-state index contributed by atoms with van der Waals surface area (Å²) >= 11 is 0. The molecule has 2 rings (SSSR count). The number of unbranched alkanes of at least 4 members (excludes halogenated alkanes) is 4. The van der Waals surface area contributed by atoms with Gasteiger partial charge in [0.15, 0.2) is 0 Å². The number of rotatable bonds is 10. The fraction of sp³-hybridized carbons (Fsp3) is 0.545. The van der Waals surface area contributed by atoms with E-state index in [9.17, 15) is 8.42 Å². The molecule has 0 fully saturated rings. The first-order valence-corrected chi connectivity index (χ1v) is 12.5. The lowest BCUT2D eigenvalue weighted by atomic mass is 10.1. The second-order valence-corrected chi connectivity index (χ2v) is 9.66. The van der Waals surface area contributed by atoms with Crippen molar-refractivity contribution >= 4 is 36.2 Å². The molecule has 0 aliphatic heterocycles. The maximum atomic E-state index is 11.5. The lowest BCUT2D eigenvalue weighted by Crippen LogP contribution is -2.16. The summed E-state index contributed by atoms with van der Waals surface area (Å²) in [5, 5.41) is 4.98. The summed E-state index contributed by atoms with van der Waals surface area (Å²) in [6.07, 6.45) is 8.11. The summed E-state index contributed by atoms with van der Waals surface area (Å²) in [6.45, 7) is 6.93. The van der Waals surface area contributed by atoms with Gasteiger partial charge in [-0.15, -0.1) is 0 Å². The molecule has 0 aliphatic rings. The minimum Gasteiger partial charge on any atom is -0.377 e. The minimum atomic E-state index is -3.72. The topological polar surface area (TPSA) is 49.4 Å². The molecule has 0 spiro atoms. The van der Waals surface area contributed by atoms with Crippen molar-refractivity contribution in [3.05, 3.63) is 36.4 Å². The molecule has 0 atom stereocenters. The Bertz CT molecular complexity index is 799. The monoisotopic (exact) mass is 426 g/mol. The van der Waals surface area contributed by atoms with Crippen LogP contribution >= 0.6 is 10.7 Å². The summed E-state index contributed by atoms with van der Waals surface area (Å²) in [7, 11) is 5.54. The lowest BCUT2D eigenvalue weighted by molar-refractivity contribution is 0.583. The third-order valence-corrected chi connectivity index (χ3v) is 5.90. The van der Waals surface area contributed by atoms with E-state index in [2.05, 4.69) is 19.2 Å². The van der Waals surface area contributed by atoms with Crippen molar-refractivity contribution in [2.75, 3.05) is 32.1 Å². The van der Waals surface area contributed by atoms with Crippen LogP contribution in [0, 0.1) is 0 Å². The van der Waals surface area contributed by atoms with Gasteiger partial charge in [0.25, 0.3) is 9.05 Å². The minimum absolute atomic E-state index is 0.153. The number of hydrogen-bond acceptors (Lipinski definition) is 4. The van der Waals surface area contributed by atoms with Crippen LogP contribution in [0.2, 0.25) is 0 Å². The van der Waals surface area contributed by atoms with Crippen molar-refractivity contribution < 1.29 is 8.42 Å². The van der Waals surface area contributed by atoms with Crippen LogP contribution in [-0.2, 0) is 9.05 Å². The van der Waals surface area contributed by atoms with Crippen molar-refractivity contribution in [3.63, 3.8) is 0 Å². The van der Waals surface area contributed by atoms with E-state index < -0.39 is 9.05 Å². The fourth-order valence-electron chi connectivity index (χ4n) is 2.99. The van der Waals surface area contributed by atoms with Crippen LogP contribution in [-0.4, -0.2) is 35.6 Å². The third kappa shape index (κ3) is 8.38. The van der Waals surface area contributed by atoms with Gasteiger partial charge in [-0.05, 0) is 38.1 Å². The maximum absolute atomic E-state index is 11.5. The molecule has 2 aromatic rings. The summed E-state index contributed by atoms with van der Waals surface area (Å²) in [4.78, 5) is 2.09. The highest BCUT2D eigenvalue weighted by Crippen LogP contribution is 2.31. The molecular formula is C22H35ClN2O2S. The first kappa shape index (κ1) is 24.7. The molecule has 0 radical (unpaired) electrons. The Morgan fingerprint density at radius 1 is 0.857 bits per heavy atom. The average molecular weight is 427 g/mol. The number of fused-ring (bicyclic) bond motifs is 1. The van der Waals surface area contributed by atoms with Crippen molar-refractivity contribution in [2.24, 2.45) is 0 Å². The van der Waals surface area contributed by atoms with Crippen LogP contribution in [0.1, 0.15) is 52.4 Å². The zero-order chi connectivity index (χ0) is 21.0. The van der Waals surface area contributed by atoms with Gasteiger partial charge < -0.3 is 10.2 Å². The summed E-state index contributed by atoms with van der Waals surface area (Å²) < 4.78 is 23.0. The molecule has 0 saturated carbocycles. The second-order valence-electron chi connectivity index (χ2n) is 7.12. The molecule has 2 aromatic carbocycles. The Kier molecular flexibility index (Phi) is 11.5. The third-order valence-electron chi connectivity index (χ3n) is 4.52. The van der Waals surface area contributed by atoms with Crippen LogP contribution in [0.4, 0.5) is 5.69 Å². The smallest absolute Gasteiger partial charge is 0.261 e. The molecule has 0 bridgehead atoms. The van der Waals surface area contributed by atoms with Crippen molar-refractivity contribution in [1.82, 2.24) is 5.32 Å². The summed E-state index contributed by atoms with van der Waals surface area (Å²) in [6, 6.07) is 10.6. The molecule has 0 amide bonds. The van der Waals surface area contributed by atoms with Crippen molar-refractivity contribution in [1.29, 1.82) is 0 Å². The largest absolute Gasteiger partial charge is 0.377 e. The highest BCUT2D eigenvalue weighted by molar-refractivity contribution is 8.14. The molecule has 6 heteroatoms. The van der Waals surface area contributed by atoms with Gasteiger partial charge in [-0.2, -0.15) is 0 Å². The molecule has 0 saturated heterocycles. The highest BCUT2D eigenvalue weighted by atomic mass is 35.7. The SMILES string of the molecule is CCCCCNCCCCC.CN(C)c1cccc2c(S(=O)(=O)Cl)cccc12. The van der Waals surface area contributed by atoms with E-state index in [4.69, 9.17) is 10.7 Å². The standard InChI is InChI=1S/C12H12ClNO2S.C10H23N/c1-14(2)11-7-3-6-10-9(11)5-4-8-12(10)17(13,15)16;1-3-5-7-9-11-10-8-6-4-2/h3-8H,1-2H3;11H,3-10H2,1-2H3. The molecule has 28 heavy (non-hydrogen) atoms. The van der Waals surface area contributed by atoms with Gasteiger partial charge in [-0.25, -0.2) is 8.42 Å². The first-order valence-electron chi connectivity index (χ1n) is 10.2. The predicted octanol–water partition coefficient (Wildman–Crippen LogP) is 5.79. The first-order chi connectivity index (χ1) is 13.3. The molecule has 4 nitrogen and oxygen atoms in total. The Morgan fingerprint density at radius 3 is 1.89 bits per heavy atom. The van der Waals surface area contributed by atoms with Gasteiger partial charge in [-0.3, -0.25) is 0 Å². The van der Waals surface area contributed by atoms with Crippen molar-refractivity contribution in [3.8, 4) is 0 Å². The van der Waals surface area contributed by atoms with Gasteiger partial charge >= 0.3 is 0 Å². The quantitative estimate of drug-likeness (QED) is 0.386. The van der Waals surface area contributed by atoms with Gasteiger partial charge in [0.2, 0.25) is 0 Å². The van der Waals surface area contributed by atoms with Crippen LogP contribution in [0.5, 0.6) is 0 Å². The number of nitrogens with zero attached hydrogens (tertiary/aromatic N) is 1. The highest BCUT2D eigenvalue weighted by Gasteiger charge is 2.15. The number of hydrogen-bond donors (Lipinski definition) is 1. The maximum Gasteiger partial charge on any atom is 0.261 e. The van der Waals surface area contributed by atoms with E-state index in [1.54, 1.807) is 12.1 Å². The van der Waals surface area contributed by atoms with Gasteiger partial charge in [0.1, 0.15) is 0 Å². The molecule has 1 N–H and O–H groups in total. The zero-order valence-electron chi connectivity index (χ0n) is 17.7. The summed E-state index contributed by atoms with van der Waals surface area (Å²) in [5.41, 5.74) is 0.963. The van der Waals surface area contributed by atoms with Crippen LogP contribution in [0.3, 0.4) is 0 Å². The van der Waals surface area contributed by atoms with E-state index in [0.717, 1.165) is 11.1 Å².